The van der Waals surface area contributed by atoms with Gasteiger partial charge in [0, 0.05) is 0 Å². The Bertz CT molecular complexity index is 134. The van der Waals surface area contributed by atoms with Crippen molar-refractivity contribution in [2.45, 2.75) is 6.92 Å². The van der Waals surface area contributed by atoms with E-state index in [1.165, 1.54) is 0 Å². The number of nitrogens with zero attached hydrogens (tertiary/aromatic N) is 3. The first-order valence-corrected chi connectivity index (χ1v) is 2.36. The number of rotatable bonds is 1. The fourth-order valence-electron chi connectivity index (χ4n) is 0.164. The van der Waals surface area contributed by atoms with Gasteiger partial charge in [0.25, 0.3) is 0 Å². The molecular weight excluding hydrogens is 102 g/mol. The molecule has 0 aromatic carbocycles. The van der Waals surface area contributed by atoms with Gasteiger partial charge in [-0.05, 0) is 6.92 Å². The van der Waals surface area contributed by atoms with Crippen LogP contribution in [0.4, 0.5) is 0 Å². The summed E-state index contributed by atoms with van der Waals surface area (Å²) in [5.41, 5.74) is 0. The second-order valence-electron chi connectivity index (χ2n) is 1.71. The van der Waals surface area contributed by atoms with E-state index in [0.29, 0.717) is 6.54 Å². The molecule has 0 unspecified atom stereocenters. The van der Waals surface area contributed by atoms with Crippen LogP contribution < -0.4 is 0 Å². The molecule has 3 heteroatoms. The van der Waals surface area contributed by atoms with Crippen molar-refractivity contribution in [1.29, 1.82) is 10.5 Å². The molecule has 0 rings (SSSR count). The van der Waals surface area contributed by atoms with Gasteiger partial charge < -0.3 is 0 Å². The molecule has 0 aromatic rings. The molecule has 0 saturated carbocycles. The Kier molecular flexibility index (Phi) is 1.99. The molecule has 0 amide bonds. The fraction of sp³-hybridized carbons (Fsp3) is 0.600. The smallest absolute Gasteiger partial charge is 0.129 e. The van der Waals surface area contributed by atoms with Gasteiger partial charge in [-0.2, -0.15) is 0 Å². The van der Waals surface area contributed by atoms with E-state index >= 15 is 0 Å². The zero-order chi connectivity index (χ0) is 6.62. The zero-order valence-electron chi connectivity index (χ0n) is 5.05. The molecule has 0 fully saturated rings. The predicted octanol–water partition coefficient (Wildman–Crippen LogP) is 0.415. The molecule has 3 nitrogen and oxygen atoms in total. The fourth-order valence-corrected chi connectivity index (χ4v) is 0.164. The highest BCUT2D eigenvalue weighted by atomic mass is 15.3. The van der Waals surface area contributed by atoms with Crippen molar-refractivity contribution >= 4 is 0 Å². The minimum atomic E-state index is -0.181. The summed E-state index contributed by atoms with van der Waals surface area (Å²) in [4.78, 5) is 0. The third-order valence-corrected chi connectivity index (χ3v) is 1.07. The molecule has 0 bridgehead atoms. The van der Waals surface area contributed by atoms with Gasteiger partial charge in [-0.15, -0.1) is 15.0 Å². The van der Waals surface area contributed by atoms with Crippen molar-refractivity contribution in [2.24, 2.45) is 0 Å². The lowest BCUT2D eigenvalue weighted by Gasteiger charge is -2.07. The first-order valence-electron chi connectivity index (χ1n) is 2.36. The Hall–Kier alpha value is -1.06. The lowest BCUT2D eigenvalue weighted by molar-refractivity contribution is -0.774. The van der Waals surface area contributed by atoms with Crippen LogP contribution in [0, 0.1) is 22.9 Å². The van der Waals surface area contributed by atoms with Crippen LogP contribution in [0.15, 0.2) is 0 Å². The molecule has 0 aliphatic heterocycles. The number of quaternary nitrogens is 1. The molecule has 0 radical (unpaired) electrons. The minimum Gasteiger partial charge on any atom is -0.129 e. The van der Waals surface area contributed by atoms with Gasteiger partial charge in [0.1, 0.15) is 6.54 Å². The van der Waals surface area contributed by atoms with Crippen LogP contribution in [-0.4, -0.2) is 18.1 Å². The third-order valence-electron chi connectivity index (χ3n) is 1.07. The van der Waals surface area contributed by atoms with E-state index in [-0.39, 0.29) is 4.48 Å². The van der Waals surface area contributed by atoms with Crippen LogP contribution in [0.25, 0.3) is 0 Å². The second kappa shape index (κ2) is 2.30. The maximum absolute atomic E-state index is 8.28. The highest BCUT2D eigenvalue weighted by Crippen LogP contribution is 1.92. The Morgan fingerprint density at radius 1 is 1.38 bits per heavy atom. The molecule has 0 aliphatic rings. The highest BCUT2D eigenvalue weighted by Gasteiger charge is 2.17. The number of hydrogen-bond donors (Lipinski definition) is 0. The Labute approximate surface area is 49.0 Å². The van der Waals surface area contributed by atoms with Gasteiger partial charge in [0.15, 0.2) is 0 Å². The topological polar surface area (TPSA) is 47.6 Å². The van der Waals surface area contributed by atoms with Crippen molar-refractivity contribution < 1.29 is 4.48 Å². The average molecular weight is 110 g/mol. The normalized spacial score (nSPS) is 9.50. The lowest BCUT2D eigenvalue weighted by Crippen LogP contribution is -2.32. The summed E-state index contributed by atoms with van der Waals surface area (Å²) in [5, 5.41) is 16.6. The summed E-state index contributed by atoms with van der Waals surface area (Å²) in [6, 6.07) is 0. The van der Waals surface area contributed by atoms with Crippen LogP contribution in [0.2, 0.25) is 0 Å². The third kappa shape index (κ3) is 1.22. The molecular formula is C5H8N3+. The van der Waals surface area contributed by atoms with E-state index in [1.54, 1.807) is 14.0 Å². The highest BCUT2D eigenvalue weighted by molar-refractivity contribution is 4.64. The molecule has 0 spiro atoms. The van der Waals surface area contributed by atoms with Crippen molar-refractivity contribution in [3.05, 3.63) is 0 Å². The van der Waals surface area contributed by atoms with Crippen molar-refractivity contribution in [3.8, 4) is 12.4 Å². The minimum absolute atomic E-state index is 0.181. The van der Waals surface area contributed by atoms with E-state index in [4.69, 9.17) is 10.5 Å². The summed E-state index contributed by atoms with van der Waals surface area (Å²) in [6.45, 7) is 2.33. The monoisotopic (exact) mass is 110 g/mol. The average Bonchev–Trinajstić information content (AvgIpc) is 1.87. The molecule has 0 aliphatic carbocycles. The van der Waals surface area contributed by atoms with E-state index < -0.39 is 0 Å². The quantitative estimate of drug-likeness (QED) is 0.362. The number of hydrogen-bond acceptors (Lipinski definition) is 2. The van der Waals surface area contributed by atoms with E-state index in [9.17, 15) is 0 Å². The Balaban J connectivity index is 4.11. The van der Waals surface area contributed by atoms with Gasteiger partial charge in [-0.25, -0.2) is 0 Å². The Morgan fingerprint density at radius 3 is 1.75 bits per heavy atom. The maximum atomic E-state index is 8.28. The van der Waals surface area contributed by atoms with Crippen molar-refractivity contribution in [3.63, 3.8) is 0 Å². The number of nitriles is 2. The molecule has 0 N–H and O–H groups in total. The largest absolute Gasteiger partial charge is 0.324 e. The summed E-state index contributed by atoms with van der Waals surface area (Å²) in [5.74, 6) is 0. The molecule has 42 valence electrons. The van der Waals surface area contributed by atoms with Crippen LogP contribution in [0.1, 0.15) is 6.92 Å². The van der Waals surface area contributed by atoms with Gasteiger partial charge >= 0.3 is 12.4 Å². The summed E-state index contributed by atoms with van der Waals surface area (Å²) in [6.07, 6.45) is 3.71. The van der Waals surface area contributed by atoms with Crippen molar-refractivity contribution in [1.82, 2.24) is 0 Å². The van der Waals surface area contributed by atoms with Crippen LogP contribution >= 0.6 is 0 Å². The molecule has 0 atom stereocenters. The lowest BCUT2D eigenvalue weighted by atomic mass is 10.6. The molecule has 0 heterocycles. The molecule has 8 heavy (non-hydrogen) atoms. The summed E-state index contributed by atoms with van der Waals surface area (Å²) < 4.78 is -0.181. The van der Waals surface area contributed by atoms with Gasteiger partial charge in [-0.3, -0.25) is 0 Å². The van der Waals surface area contributed by atoms with E-state index in [0.717, 1.165) is 0 Å². The standard InChI is InChI=1S/C5H8N3/c1-3-8(2,4-6)5-7/h3H2,1-2H3/q+1. The summed E-state index contributed by atoms with van der Waals surface area (Å²) in [7, 11) is 1.57. The first-order chi connectivity index (χ1) is 3.68. The van der Waals surface area contributed by atoms with E-state index in [2.05, 4.69) is 0 Å². The maximum Gasteiger partial charge on any atom is 0.324 e. The van der Waals surface area contributed by atoms with Crippen LogP contribution in [0.5, 0.6) is 0 Å². The zero-order valence-corrected chi connectivity index (χ0v) is 5.05. The van der Waals surface area contributed by atoms with Crippen molar-refractivity contribution in [2.75, 3.05) is 13.6 Å². The van der Waals surface area contributed by atoms with Gasteiger partial charge in [0.2, 0.25) is 0 Å². The Morgan fingerprint density at radius 2 is 1.75 bits per heavy atom. The van der Waals surface area contributed by atoms with Gasteiger partial charge in [-0.1, -0.05) is 0 Å². The van der Waals surface area contributed by atoms with Crippen LogP contribution in [-0.2, 0) is 0 Å². The molecule has 0 saturated heterocycles. The second-order valence-corrected chi connectivity index (χ2v) is 1.71. The van der Waals surface area contributed by atoms with E-state index in [1.807, 2.05) is 12.4 Å². The molecule has 0 aromatic heterocycles. The van der Waals surface area contributed by atoms with Crippen LogP contribution in [0.3, 0.4) is 0 Å². The first kappa shape index (κ1) is 6.94. The summed E-state index contributed by atoms with van der Waals surface area (Å²) >= 11 is 0. The van der Waals surface area contributed by atoms with Gasteiger partial charge in [0.05, 0.1) is 7.05 Å². The predicted molar refractivity (Wildman–Crippen MR) is 28.0 cm³/mol. The SMILES string of the molecule is CC[N+](C)(C#N)C#N.